The molecule has 0 aliphatic heterocycles. The Labute approximate surface area is 102 Å². The Morgan fingerprint density at radius 3 is 2.25 bits per heavy atom. The van der Waals surface area contributed by atoms with Crippen molar-refractivity contribution >= 4 is 0 Å². The normalized spacial score (nSPS) is 25.7. The number of rotatable bonds is 10. The highest BCUT2D eigenvalue weighted by Crippen LogP contribution is 2.41. The topological polar surface area (TPSA) is 12.0 Å². The maximum Gasteiger partial charge on any atom is 0.00978 e. The minimum absolute atomic E-state index is 0.825. The van der Waals surface area contributed by atoms with E-state index in [0.717, 1.165) is 24.4 Å². The summed E-state index contributed by atoms with van der Waals surface area (Å²) in [5.41, 5.74) is 0. The molecule has 3 atom stereocenters. The molecular formula is C15H31N. The van der Waals surface area contributed by atoms with Gasteiger partial charge < -0.3 is 5.32 Å². The second kappa shape index (κ2) is 8.11. The van der Waals surface area contributed by atoms with E-state index in [2.05, 4.69) is 26.1 Å². The largest absolute Gasteiger partial charge is 0.314 e. The molecule has 1 aliphatic carbocycles. The van der Waals surface area contributed by atoms with Crippen molar-refractivity contribution in [3.8, 4) is 0 Å². The predicted molar refractivity (Wildman–Crippen MR) is 72.7 cm³/mol. The highest BCUT2D eigenvalue weighted by Gasteiger charge is 2.38. The maximum atomic E-state index is 3.68. The zero-order valence-electron chi connectivity index (χ0n) is 11.6. The summed E-state index contributed by atoms with van der Waals surface area (Å²) in [6, 6.07) is 0.825. The lowest BCUT2D eigenvalue weighted by atomic mass is 10.0. The maximum absolute atomic E-state index is 3.68. The van der Waals surface area contributed by atoms with Gasteiger partial charge in [-0.25, -0.2) is 0 Å². The van der Waals surface area contributed by atoms with Gasteiger partial charge in [0.2, 0.25) is 0 Å². The average molecular weight is 225 g/mol. The Kier molecular flexibility index (Phi) is 7.11. The standard InChI is InChI=1S/C15H31N/c1-4-6-7-8-9-10-11-15(16-5-2)14-12-13(14)3/h13-16H,4-12H2,1-3H3. The lowest BCUT2D eigenvalue weighted by Crippen LogP contribution is -2.31. The first-order valence-corrected chi connectivity index (χ1v) is 7.53. The third-order valence-electron chi connectivity index (χ3n) is 4.02. The summed E-state index contributed by atoms with van der Waals surface area (Å²) in [6.07, 6.45) is 11.4. The zero-order chi connectivity index (χ0) is 11.8. The third-order valence-corrected chi connectivity index (χ3v) is 4.02. The molecule has 1 saturated carbocycles. The van der Waals surface area contributed by atoms with Crippen LogP contribution in [0.15, 0.2) is 0 Å². The van der Waals surface area contributed by atoms with E-state index >= 15 is 0 Å². The Morgan fingerprint density at radius 2 is 1.69 bits per heavy atom. The number of hydrogen-bond acceptors (Lipinski definition) is 1. The van der Waals surface area contributed by atoms with Crippen LogP contribution in [-0.4, -0.2) is 12.6 Å². The van der Waals surface area contributed by atoms with E-state index in [1.165, 1.54) is 51.4 Å². The van der Waals surface area contributed by atoms with Crippen molar-refractivity contribution in [2.45, 2.75) is 78.2 Å². The van der Waals surface area contributed by atoms with Crippen molar-refractivity contribution in [2.75, 3.05) is 6.54 Å². The molecule has 3 unspecified atom stereocenters. The van der Waals surface area contributed by atoms with Crippen molar-refractivity contribution in [1.29, 1.82) is 0 Å². The van der Waals surface area contributed by atoms with Gasteiger partial charge in [-0.3, -0.25) is 0 Å². The summed E-state index contributed by atoms with van der Waals surface area (Å²) in [7, 11) is 0. The molecule has 0 aromatic heterocycles. The molecule has 1 N–H and O–H groups in total. The smallest absolute Gasteiger partial charge is 0.00978 e. The van der Waals surface area contributed by atoms with Gasteiger partial charge in [0.15, 0.2) is 0 Å². The van der Waals surface area contributed by atoms with E-state index in [4.69, 9.17) is 0 Å². The van der Waals surface area contributed by atoms with Gasteiger partial charge in [0.05, 0.1) is 0 Å². The van der Waals surface area contributed by atoms with Crippen LogP contribution in [0.1, 0.15) is 72.1 Å². The van der Waals surface area contributed by atoms with Gasteiger partial charge in [0.25, 0.3) is 0 Å². The van der Waals surface area contributed by atoms with Crippen LogP contribution in [0.5, 0.6) is 0 Å². The minimum atomic E-state index is 0.825. The molecule has 0 saturated heterocycles. The summed E-state index contributed by atoms with van der Waals surface area (Å²) < 4.78 is 0. The van der Waals surface area contributed by atoms with Crippen LogP contribution in [0.25, 0.3) is 0 Å². The van der Waals surface area contributed by atoms with Crippen LogP contribution in [0.3, 0.4) is 0 Å². The molecule has 0 amide bonds. The molecule has 96 valence electrons. The lowest BCUT2D eigenvalue weighted by molar-refractivity contribution is 0.410. The molecule has 0 heterocycles. The first-order chi connectivity index (χ1) is 7.79. The first-order valence-electron chi connectivity index (χ1n) is 7.53. The van der Waals surface area contributed by atoms with Crippen LogP contribution in [0, 0.1) is 11.8 Å². The Morgan fingerprint density at radius 1 is 1.06 bits per heavy atom. The van der Waals surface area contributed by atoms with Crippen molar-refractivity contribution in [3.05, 3.63) is 0 Å². The number of hydrogen-bond donors (Lipinski definition) is 1. The molecule has 1 fully saturated rings. The fourth-order valence-corrected chi connectivity index (χ4v) is 2.79. The molecule has 0 aromatic carbocycles. The summed E-state index contributed by atoms with van der Waals surface area (Å²) in [4.78, 5) is 0. The van der Waals surface area contributed by atoms with E-state index in [9.17, 15) is 0 Å². The molecule has 1 rings (SSSR count). The SMILES string of the molecule is CCCCCCCCC(NCC)C1CC1C. The van der Waals surface area contributed by atoms with Crippen LogP contribution < -0.4 is 5.32 Å². The molecule has 0 bridgehead atoms. The Bertz CT molecular complexity index is 167. The number of unbranched alkanes of at least 4 members (excludes halogenated alkanes) is 5. The molecule has 1 heteroatoms. The summed E-state index contributed by atoms with van der Waals surface area (Å²) >= 11 is 0. The first kappa shape index (κ1) is 14.0. The van der Waals surface area contributed by atoms with E-state index < -0.39 is 0 Å². The lowest BCUT2D eigenvalue weighted by Gasteiger charge is -2.17. The van der Waals surface area contributed by atoms with Crippen LogP contribution in [0.2, 0.25) is 0 Å². The Hall–Kier alpha value is -0.0400. The van der Waals surface area contributed by atoms with Gasteiger partial charge in [-0.15, -0.1) is 0 Å². The van der Waals surface area contributed by atoms with Gasteiger partial charge >= 0.3 is 0 Å². The van der Waals surface area contributed by atoms with Crippen molar-refractivity contribution in [1.82, 2.24) is 5.32 Å². The van der Waals surface area contributed by atoms with Gasteiger partial charge in [-0.2, -0.15) is 0 Å². The second-order valence-corrected chi connectivity index (χ2v) is 5.60. The molecule has 0 spiro atoms. The van der Waals surface area contributed by atoms with Crippen molar-refractivity contribution in [3.63, 3.8) is 0 Å². The van der Waals surface area contributed by atoms with Gasteiger partial charge in [-0.05, 0) is 31.2 Å². The average Bonchev–Trinajstić information content (AvgIpc) is 2.99. The highest BCUT2D eigenvalue weighted by atomic mass is 14.9. The fraction of sp³-hybridized carbons (Fsp3) is 1.00. The van der Waals surface area contributed by atoms with Gasteiger partial charge in [0.1, 0.15) is 0 Å². The van der Waals surface area contributed by atoms with Crippen LogP contribution in [-0.2, 0) is 0 Å². The van der Waals surface area contributed by atoms with Gasteiger partial charge in [-0.1, -0.05) is 59.3 Å². The highest BCUT2D eigenvalue weighted by molar-refractivity contribution is 4.92. The Balaban J connectivity index is 1.99. The monoisotopic (exact) mass is 225 g/mol. The molecular weight excluding hydrogens is 194 g/mol. The fourth-order valence-electron chi connectivity index (χ4n) is 2.79. The van der Waals surface area contributed by atoms with E-state index in [-0.39, 0.29) is 0 Å². The number of nitrogens with one attached hydrogen (secondary N) is 1. The van der Waals surface area contributed by atoms with E-state index in [1.807, 2.05) is 0 Å². The van der Waals surface area contributed by atoms with Crippen LogP contribution in [0.4, 0.5) is 0 Å². The van der Waals surface area contributed by atoms with Crippen LogP contribution >= 0.6 is 0 Å². The van der Waals surface area contributed by atoms with Crippen molar-refractivity contribution < 1.29 is 0 Å². The summed E-state index contributed by atoms with van der Waals surface area (Å²) in [6.45, 7) is 8.07. The predicted octanol–water partition coefficient (Wildman–Crippen LogP) is 4.37. The second-order valence-electron chi connectivity index (χ2n) is 5.60. The molecule has 1 aliphatic rings. The van der Waals surface area contributed by atoms with E-state index in [1.54, 1.807) is 0 Å². The molecule has 16 heavy (non-hydrogen) atoms. The van der Waals surface area contributed by atoms with Gasteiger partial charge in [0, 0.05) is 6.04 Å². The summed E-state index contributed by atoms with van der Waals surface area (Å²) in [5, 5.41) is 3.68. The molecule has 1 nitrogen and oxygen atoms in total. The zero-order valence-corrected chi connectivity index (χ0v) is 11.6. The molecule has 0 radical (unpaired) electrons. The quantitative estimate of drug-likeness (QED) is 0.544. The third kappa shape index (κ3) is 5.34. The van der Waals surface area contributed by atoms with Crippen molar-refractivity contribution in [2.24, 2.45) is 11.8 Å². The minimum Gasteiger partial charge on any atom is -0.314 e. The molecule has 0 aromatic rings. The van der Waals surface area contributed by atoms with E-state index in [0.29, 0.717) is 0 Å². The summed E-state index contributed by atoms with van der Waals surface area (Å²) in [5.74, 6) is 1.99.